The third kappa shape index (κ3) is 7.53. The van der Waals surface area contributed by atoms with E-state index in [0.717, 1.165) is 19.6 Å². The van der Waals surface area contributed by atoms with E-state index < -0.39 is 5.97 Å². The highest BCUT2D eigenvalue weighted by molar-refractivity contribution is 7.99. The average molecular weight is 556 g/mol. The van der Waals surface area contributed by atoms with Gasteiger partial charge in [0.2, 0.25) is 0 Å². The second-order valence-corrected chi connectivity index (χ2v) is 10.8. The third-order valence-electron chi connectivity index (χ3n) is 3.97. The number of halogens is 2. The van der Waals surface area contributed by atoms with Crippen LogP contribution in [0, 0.1) is 0 Å². The largest absolute Gasteiger partial charge is 0.478 e. The SMILES string of the molecule is COC(=O)c1cscc1Sc1ccc(Cl)cc1.O=C(O)c1cscc1Sc1ccc(Cl)cc1. The molecular weight excluding hydrogens is 539 g/mol. The van der Waals surface area contributed by atoms with Crippen molar-refractivity contribution in [2.45, 2.75) is 19.6 Å². The summed E-state index contributed by atoms with van der Waals surface area (Å²) in [7, 11) is 1.39. The van der Waals surface area contributed by atoms with E-state index in [1.165, 1.54) is 53.3 Å². The van der Waals surface area contributed by atoms with Crippen LogP contribution in [0.1, 0.15) is 20.7 Å². The first-order valence-electron chi connectivity index (χ1n) is 9.18. The molecule has 0 aliphatic heterocycles. The molecule has 4 nitrogen and oxygen atoms in total. The molecule has 0 aliphatic rings. The van der Waals surface area contributed by atoms with E-state index in [0.29, 0.717) is 21.2 Å². The Balaban J connectivity index is 0.000000186. The van der Waals surface area contributed by atoms with Crippen LogP contribution < -0.4 is 0 Å². The van der Waals surface area contributed by atoms with Gasteiger partial charge in [0, 0.05) is 51.1 Å². The number of benzene rings is 2. The number of carbonyl (C=O) groups is 2. The Morgan fingerprint density at radius 2 is 1.18 bits per heavy atom. The zero-order valence-electron chi connectivity index (χ0n) is 17.0. The van der Waals surface area contributed by atoms with E-state index in [9.17, 15) is 9.59 Å². The Kier molecular flexibility index (Phi) is 9.73. The van der Waals surface area contributed by atoms with Gasteiger partial charge in [0.15, 0.2) is 0 Å². The van der Waals surface area contributed by atoms with Crippen LogP contribution in [0.25, 0.3) is 0 Å². The van der Waals surface area contributed by atoms with Gasteiger partial charge in [-0.3, -0.25) is 0 Å². The predicted octanol–water partition coefficient (Wildman–Crippen LogP) is 8.59. The number of esters is 1. The number of hydrogen-bond acceptors (Lipinski definition) is 7. The summed E-state index contributed by atoms with van der Waals surface area (Å²) in [5.41, 5.74) is 0.961. The van der Waals surface area contributed by atoms with Crippen molar-refractivity contribution in [1.29, 1.82) is 0 Å². The molecule has 0 fully saturated rings. The molecular formula is C23H16Cl2O4S4. The van der Waals surface area contributed by atoms with Gasteiger partial charge in [0.05, 0.1) is 18.2 Å². The molecule has 0 saturated carbocycles. The van der Waals surface area contributed by atoms with Crippen molar-refractivity contribution in [2.75, 3.05) is 7.11 Å². The molecule has 4 aromatic rings. The highest BCUT2D eigenvalue weighted by Gasteiger charge is 2.14. The van der Waals surface area contributed by atoms with Gasteiger partial charge < -0.3 is 9.84 Å². The number of rotatable bonds is 6. The summed E-state index contributed by atoms with van der Waals surface area (Å²) in [6, 6.07) is 14.8. The second kappa shape index (κ2) is 12.5. The Morgan fingerprint density at radius 1 is 0.758 bits per heavy atom. The molecule has 0 unspecified atom stereocenters. The lowest BCUT2D eigenvalue weighted by atomic mass is 10.3. The molecule has 0 spiro atoms. The lowest BCUT2D eigenvalue weighted by molar-refractivity contribution is 0.0596. The average Bonchev–Trinajstić information content (AvgIpc) is 3.46. The molecule has 0 radical (unpaired) electrons. The Morgan fingerprint density at radius 3 is 1.61 bits per heavy atom. The van der Waals surface area contributed by atoms with Crippen molar-refractivity contribution in [3.63, 3.8) is 0 Å². The fraction of sp³-hybridized carbons (Fsp3) is 0.0435. The molecule has 10 heteroatoms. The molecule has 33 heavy (non-hydrogen) atoms. The minimum atomic E-state index is -0.891. The molecule has 0 saturated heterocycles. The number of carboxylic acids is 1. The van der Waals surface area contributed by atoms with Crippen molar-refractivity contribution in [3.8, 4) is 0 Å². The van der Waals surface area contributed by atoms with Gasteiger partial charge >= 0.3 is 11.9 Å². The van der Waals surface area contributed by atoms with E-state index in [4.69, 9.17) is 33.0 Å². The molecule has 0 atom stereocenters. The second-order valence-electron chi connectivity index (χ2n) is 6.21. The van der Waals surface area contributed by atoms with E-state index >= 15 is 0 Å². The maximum Gasteiger partial charge on any atom is 0.339 e. The first kappa shape index (κ1) is 25.7. The maximum absolute atomic E-state index is 11.5. The van der Waals surface area contributed by atoms with Gasteiger partial charge in [0.25, 0.3) is 0 Å². The van der Waals surface area contributed by atoms with Gasteiger partial charge in [-0.2, -0.15) is 22.7 Å². The van der Waals surface area contributed by atoms with Crippen LogP contribution in [-0.2, 0) is 4.74 Å². The molecule has 2 aromatic carbocycles. The van der Waals surface area contributed by atoms with Crippen LogP contribution in [-0.4, -0.2) is 24.2 Å². The van der Waals surface area contributed by atoms with Crippen LogP contribution in [0.3, 0.4) is 0 Å². The third-order valence-corrected chi connectivity index (χ3v) is 8.39. The minimum Gasteiger partial charge on any atom is -0.478 e. The molecule has 1 N–H and O–H groups in total. The van der Waals surface area contributed by atoms with Crippen molar-refractivity contribution >= 4 is 81.3 Å². The van der Waals surface area contributed by atoms with E-state index in [2.05, 4.69) is 0 Å². The number of ether oxygens (including phenoxy) is 1. The zero-order valence-corrected chi connectivity index (χ0v) is 21.8. The number of methoxy groups -OCH3 is 1. The number of thiophene rings is 2. The Bertz CT molecular complexity index is 1220. The number of hydrogen-bond donors (Lipinski definition) is 1. The van der Waals surface area contributed by atoms with Gasteiger partial charge in [-0.25, -0.2) is 9.59 Å². The fourth-order valence-corrected chi connectivity index (χ4v) is 6.44. The fourth-order valence-electron chi connectivity index (χ4n) is 2.40. The van der Waals surface area contributed by atoms with Crippen molar-refractivity contribution in [1.82, 2.24) is 0 Å². The first-order valence-corrected chi connectivity index (χ1v) is 13.5. The van der Waals surface area contributed by atoms with Crippen LogP contribution in [0.4, 0.5) is 0 Å². The smallest absolute Gasteiger partial charge is 0.339 e. The molecule has 0 aliphatic carbocycles. The molecule has 4 rings (SSSR count). The quantitative estimate of drug-likeness (QED) is 0.241. The summed E-state index contributed by atoms with van der Waals surface area (Å²) in [6.45, 7) is 0. The molecule has 2 aromatic heterocycles. The van der Waals surface area contributed by atoms with Crippen molar-refractivity contribution < 1.29 is 19.4 Å². The zero-order chi connectivity index (χ0) is 23.8. The van der Waals surface area contributed by atoms with Crippen LogP contribution in [0.15, 0.2) is 89.6 Å². The number of carboxylic acid groups (broad SMARTS) is 1. The molecule has 170 valence electrons. The van der Waals surface area contributed by atoms with Gasteiger partial charge in [-0.05, 0) is 48.5 Å². The summed E-state index contributed by atoms with van der Waals surface area (Å²) >= 11 is 17.4. The summed E-state index contributed by atoms with van der Waals surface area (Å²) in [6.07, 6.45) is 0. The lowest BCUT2D eigenvalue weighted by Crippen LogP contribution is -2.00. The van der Waals surface area contributed by atoms with E-state index in [-0.39, 0.29) is 5.97 Å². The summed E-state index contributed by atoms with van der Waals surface area (Å²) in [5, 5.41) is 17.5. The predicted molar refractivity (Wildman–Crippen MR) is 138 cm³/mol. The summed E-state index contributed by atoms with van der Waals surface area (Å²) < 4.78 is 4.73. The lowest BCUT2D eigenvalue weighted by Gasteiger charge is -2.02. The standard InChI is InChI=1S/C12H9ClO2S2.C11H7ClO2S2/c1-15-12(14)10-6-16-7-11(10)17-9-4-2-8(13)3-5-9;12-7-1-3-8(4-2-7)16-10-6-15-5-9(10)11(13)14/h2-7H,1H3;1-6H,(H,13,14). The number of aromatic carboxylic acids is 1. The summed E-state index contributed by atoms with van der Waals surface area (Å²) in [5.74, 6) is -1.19. The molecule has 0 bridgehead atoms. The summed E-state index contributed by atoms with van der Waals surface area (Å²) in [4.78, 5) is 26.1. The van der Waals surface area contributed by atoms with E-state index in [1.54, 1.807) is 22.9 Å². The molecule has 2 heterocycles. The van der Waals surface area contributed by atoms with E-state index in [1.807, 2.05) is 47.2 Å². The molecule has 0 amide bonds. The van der Waals surface area contributed by atoms with Gasteiger partial charge in [-0.1, -0.05) is 46.7 Å². The highest BCUT2D eigenvalue weighted by Crippen LogP contribution is 2.34. The van der Waals surface area contributed by atoms with Gasteiger partial charge in [0.1, 0.15) is 0 Å². The van der Waals surface area contributed by atoms with Gasteiger partial charge in [-0.15, -0.1) is 0 Å². The highest BCUT2D eigenvalue weighted by atomic mass is 35.5. The van der Waals surface area contributed by atoms with Crippen molar-refractivity contribution in [2.24, 2.45) is 0 Å². The van der Waals surface area contributed by atoms with Crippen LogP contribution >= 0.6 is 69.4 Å². The topological polar surface area (TPSA) is 63.6 Å². The van der Waals surface area contributed by atoms with Crippen molar-refractivity contribution in [3.05, 3.63) is 91.2 Å². The Labute approximate surface area is 217 Å². The maximum atomic E-state index is 11.5. The minimum absolute atomic E-state index is 0.303. The normalized spacial score (nSPS) is 10.3. The number of carbonyl (C=O) groups excluding carboxylic acids is 1. The monoisotopic (exact) mass is 554 g/mol. The Hall–Kier alpha value is -1.94. The van der Waals surface area contributed by atoms with Crippen LogP contribution in [0.2, 0.25) is 10.0 Å². The first-order chi connectivity index (χ1) is 15.9. The van der Waals surface area contributed by atoms with Crippen LogP contribution in [0.5, 0.6) is 0 Å².